The van der Waals surface area contributed by atoms with E-state index in [4.69, 9.17) is 9.94 Å². The van der Waals surface area contributed by atoms with Crippen molar-refractivity contribution in [1.29, 1.82) is 0 Å². The van der Waals surface area contributed by atoms with Gasteiger partial charge in [-0.2, -0.15) is 0 Å². The summed E-state index contributed by atoms with van der Waals surface area (Å²) in [6, 6.07) is 0. The van der Waals surface area contributed by atoms with Crippen molar-refractivity contribution >= 4 is 11.7 Å². The molecule has 0 aromatic heterocycles. The Bertz CT molecular complexity index is 303. The molecule has 1 spiro atoms. The minimum Gasteiger partial charge on any atom is -0.477 e. The van der Waals surface area contributed by atoms with E-state index in [0.717, 1.165) is 32.5 Å². The Morgan fingerprint density at radius 2 is 2.53 bits per heavy atom. The summed E-state index contributed by atoms with van der Waals surface area (Å²) in [7, 11) is 0. The summed E-state index contributed by atoms with van der Waals surface area (Å²) < 4.78 is 0. The van der Waals surface area contributed by atoms with Gasteiger partial charge in [0.2, 0.25) is 0 Å². The molecule has 0 radical (unpaired) electrons. The van der Waals surface area contributed by atoms with Crippen molar-refractivity contribution in [3.05, 3.63) is 0 Å². The van der Waals surface area contributed by atoms with Gasteiger partial charge in [-0.25, -0.2) is 4.79 Å². The van der Waals surface area contributed by atoms with E-state index in [1.807, 2.05) is 0 Å². The molecule has 0 saturated carbocycles. The first kappa shape index (κ1) is 10.4. The van der Waals surface area contributed by atoms with Crippen molar-refractivity contribution < 1.29 is 14.7 Å². The van der Waals surface area contributed by atoms with E-state index >= 15 is 0 Å². The molecule has 1 atom stereocenters. The van der Waals surface area contributed by atoms with Crippen LogP contribution in [-0.2, 0) is 9.63 Å². The number of carbonyl (C=O) groups is 1. The fraction of sp³-hybridized carbons (Fsp3) is 0.800. The van der Waals surface area contributed by atoms with Crippen LogP contribution >= 0.6 is 0 Å². The highest BCUT2D eigenvalue weighted by molar-refractivity contribution is 6.36. The molecule has 0 bridgehead atoms. The molecule has 1 saturated heterocycles. The average molecular weight is 212 g/mol. The minimum absolute atomic E-state index is 0.160. The number of hydrogen-bond donors (Lipinski definition) is 1. The highest BCUT2D eigenvalue weighted by Gasteiger charge is 2.44. The zero-order valence-electron chi connectivity index (χ0n) is 8.90. The largest absolute Gasteiger partial charge is 0.477 e. The van der Waals surface area contributed by atoms with E-state index in [0.29, 0.717) is 6.42 Å². The van der Waals surface area contributed by atoms with Crippen LogP contribution in [0.25, 0.3) is 0 Å². The number of rotatable bonds is 2. The number of hydrogen-bond acceptors (Lipinski definition) is 4. The summed E-state index contributed by atoms with van der Waals surface area (Å²) >= 11 is 0. The van der Waals surface area contributed by atoms with Crippen LogP contribution in [0.4, 0.5) is 0 Å². The zero-order valence-corrected chi connectivity index (χ0v) is 8.90. The Labute approximate surface area is 88.7 Å². The van der Waals surface area contributed by atoms with Gasteiger partial charge < -0.3 is 9.94 Å². The smallest absolute Gasteiger partial charge is 0.353 e. The summed E-state index contributed by atoms with van der Waals surface area (Å²) in [6.45, 7) is 4.95. The number of oxime groups is 1. The van der Waals surface area contributed by atoms with Crippen LogP contribution in [0.2, 0.25) is 0 Å². The first-order chi connectivity index (χ1) is 7.15. The summed E-state index contributed by atoms with van der Waals surface area (Å²) in [4.78, 5) is 18.4. The molecule has 2 heterocycles. The maximum Gasteiger partial charge on any atom is 0.353 e. The first-order valence-corrected chi connectivity index (χ1v) is 5.36. The normalized spacial score (nSPS) is 31.4. The van der Waals surface area contributed by atoms with Gasteiger partial charge >= 0.3 is 5.97 Å². The van der Waals surface area contributed by atoms with Crippen LogP contribution in [0.15, 0.2) is 5.16 Å². The fourth-order valence-corrected chi connectivity index (χ4v) is 2.32. The summed E-state index contributed by atoms with van der Waals surface area (Å²) in [5.74, 6) is -0.958. The Kier molecular flexibility index (Phi) is 2.65. The van der Waals surface area contributed by atoms with Crippen LogP contribution in [-0.4, -0.2) is 46.9 Å². The number of piperidine rings is 1. The predicted molar refractivity (Wildman–Crippen MR) is 54.9 cm³/mol. The molecule has 84 valence electrons. The van der Waals surface area contributed by atoms with Gasteiger partial charge in [-0.3, -0.25) is 4.90 Å². The quantitative estimate of drug-likeness (QED) is 0.732. The zero-order chi connectivity index (χ0) is 10.9. The number of aliphatic carboxylic acids is 1. The molecule has 2 rings (SSSR count). The second-order valence-corrected chi connectivity index (χ2v) is 4.27. The lowest BCUT2D eigenvalue weighted by Crippen LogP contribution is -2.48. The van der Waals surface area contributed by atoms with E-state index in [1.54, 1.807) is 0 Å². The van der Waals surface area contributed by atoms with Crippen molar-refractivity contribution in [3.8, 4) is 0 Å². The summed E-state index contributed by atoms with van der Waals surface area (Å²) in [5.41, 5.74) is -0.199. The van der Waals surface area contributed by atoms with Crippen molar-refractivity contribution in [2.75, 3.05) is 19.6 Å². The van der Waals surface area contributed by atoms with E-state index in [9.17, 15) is 4.79 Å². The molecule has 1 N–H and O–H groups in total. The summed E-state index contributed by atoms with van der Waals surface area (Å²) in [5, 5.41) is 12.5. The number of carboxylic acids is 1. The summed E-state index contributed by atoms with van der Waals surface area (Å²) in [6.07, 6.45) is 2.40. The molecular weight excluding hydrogens is 196 g/mol. The molecule has 1 unspecified atom stereocenters. The monoisotopic (exact) mass is 212 g/mol. The second-order valence-electron chi connectivity index (χ2n) is 4.27. The standard InChI is InChI=1S/C10H16N2O3/c1-2-12-5-3-4-10(7-12)6-8(9(13)14)11-15-10/h2-7H2,1H3,(H,13,14). The van der Waals surface area contributed by atoms with Gasteiger partial charge in [0, 0.05) is 13.0 Å². The first-order valence-electron chi connectivity index (χ1n) is 5.36. The lowest BCUT2D eigenvalue weighted by Gasteiger charge is -2.37. The number of carboxylic acid groups (broad SMARTS) is 1. The lowest BCUT2D eigenvalue weighted by molar-refractivity contribution is -0.129. The molecule has 5 heteroatoms. The maximum absolute atomic E-state index is 10.8. The Morgan fingerprint density at radius 1 is 1.73 bits per heavy atom. The van der Waals surface area contributed by atoms with Crippen LogP contribution in [0, 0.1) is 0 Å². The SMILES string of the molecule is CCN1CCCC2(CC(C(=O)O)=NO2)C1. The molecule has 0 aromatic rings. The van der Waals surface area contributed by atoms with Gasteiger partial charge in [0.05, 0.1) is 0 Å². The fourth-order valence-electron chi connectivity index (χ4n) is 2.32. The van der Waals surface area contributed by atoms with Gasteiger partial charge in [-0.15, -0.1) is 0 Å². The van der Waals surface area contributed by atoms with Crippen molar-refractivity contribution in [1.82, 2.24) is 4.90 Å². The third-order valence-electron chi connectivity index (χ3n) is 3.15. The van der Waals surface area contributed by atoms with Gasteiger partial charge in [0.25, 0.3) is 0 Å². The van der Waals surface area contributed by atoms with Crippen molar-refractivity contribution in [2.24, 2.45) is 5.16 Å². The molecule has 0 amide bonds. The lowest BCUT2D eigenvalue weighted by atomic mass is 9.88. The van der Waals surface area contributed by atoms with Gasteiger partial charge in [0.15, 0.2) is 11.3 Å². The maximum atomic E-state index is 10.8. The van der Waals surface area contributed by atoms with E-state index in [-0.39, 0.29) is 11.3 Å². The number of likely N-dealkylation sites (N-methyl/N-ethyl adjacent to an activating group) is 1. The Hall–Kier alpha value is -1.10. The molecule has 0 aromatic carbocycles. The number of likely N-dealkylation sites (tertiary alicyclic amines) is 1. The van der Waals surface area contributed by atoms with Crippen LogP contribution in [0.1, 0.15) is 26.2 Å². The third-order valence-corrected chi connectivity index (χ3v) is 3.15. The van der Waals surface area contributed by atoms with Gasteiger partial charge in [0.1, 0.15) is 0 Å². The van der Waals surface area contributed by atoms with Crippen molar-refractivity contribution in [2.45, 2.75) is 31.8 Å². The minimum atomic E-state index is -0.958. The molecule has 2 aliphatic heterocycles. The molecule has 0 aliphatic carbocycles. The molecule has 1 fully saturated rings. The van der Waals surface area contributed by atoms with Gasteiger partial charge in [-0.05, 0) is 25.9 Å². The van der Waals surface area contributed by atoms with Crippen molar-refractivity contribution in [3.63, 3.8) is 0 Å². The molecule has 15 heavy (non-hydrogen) atoms. The Balaban J connectivity index is 2.02. The highest BCUT2D eigenvalue weighted by Crippen LogP contribution is 2.33. The molecule has 2 aliphatic rings. The average Bonchev–Trinajstić information content (AvgIpc) is 2.62. The third kappa shape index (κ3) is 1.97. The van der Waals surface area contributed by atoms with E-state index in [1.165, 1.54) is 0 Å². The topological polar surface area (TPSA) is 62.1 Å². The van der Waals surface area contributed by atoms with Crippen LogP contribution < -0.4 is 0 Å². The molecule has 5 nitrogen and oxygen atoms in total. The van der Waals surface area contributed by atoms with E-state index < -0.39 is 5.97 Å². The van der Waals surface area contributed by atoms with Crippen LogP contribution in [0.3, 0.4) is 0 Å². The van der Waals surface area contributed by atoms with Gasteiger partial charge in [-0.1, -0.05) is 12.1 Å². The second kappa shape index (κ2) is 3.81. The predicted octanol–water partition coefficient (Wildman–Crippen LogP) is 0.702. The number of nitrogens with zero attached hydrogens (tertiary/aromatic N) is 2. The van der Waals surface area contributed by atoms with Crippen LogP contribution in [0.5, 0.6) is 0 Å². The molecular formula is C10H16N2O3. The Morgan fingerprint density at radius 3 is 3.13 bits per heavy atom. The highest BCUT2D eigenvalue weighted by atomic mass is 16.7. The van der Waals surface area contributed by atoms with E-state index in [2.05, 4.69) is 17.0 Å².